The second-order valence-electron chi connectivity index (χ2n) is 8.88. The number of nitrogens with one attached hydrogen (secondary N) is 1. The fourth-order valence-corrected chi connectivity index (χ4v) is 4.70. The maximum Gasteiger partial charge on any atom is 0.225 e. The van der Waals surface area contributed by atoms with Crippen molar-refractivity contribution in [1.82, 2.24) is 24.6 Å². The maximum atomic E-state index is 12.3. The molecular formula is C25H25N5O. The number of H-pyrrole nitrogens is 1. The van der Waals surface area contributed by atoms with Gasteiger partial charge in [0.2, 0.25) is 5.91 Å². The molecule has 2 aromatic heterocycles. The summed E-state index contributed by atoms with van der Waals surface area (Å²) in [7, 11) is 0. The van der Waals surface area contributed by atoms with E-state index in [0.29, 0.717) is 17.7 Å². The topological polar surface area (TPSA) is 66.8 Å². The van der Waals surface area contributed by atoms with Crippen molar-refractivity contribution in [1.29, 1.82) is 0 Å². The molecule has 31 heavy (non-hydrogen) atoms. The van der Waals surface area contributed by atoms with Crippen LogP contribution >= 0.6 is 0 Å². The number of aromatic nitrogens is 4. The molecule has 0 spiro atoms. The largest absolute Gasteiger partial charge is 0.361 e. The fraction of sp³-hybridized carbons (Fsp3) is 0.320. The quantitative estimate of drug-likeness (QED) is 0.531. The van der Waals surface area contributed by atoms with Gasteiger partial charge in [0.1, 0.15) is 6.33 Å². The normalized spacial score (nSPS) is 18.7. The number of amides is 1. The highest BCUT2D eigenvalue weighted by atomic mass is 16.2. The maximum absolute atomic E-state index is 12.3. The Morgan fingerprint density at radius 3 is 2.65 bits per heavy atom. The summed E-state index contributed by atoms with van der Waals surface area (Å²) in [5.74, 6) is 2.02. The van der Waals surface area contributed by atoms with Crippen molar-refractivity contribution in [2.75, 3.05) is 13.1 Å². The predicted molar refractivity (Wildman–Crippen MR) is 120 cm³/mol. The van der Waals surface area contributed by atoms with Crippen LogP contribution in [0.15, 0.2) is 61.1 Å². The number of likely N-dealkylation sites (tertiary alicyclic amines) is 1. The lowest BCUT2D eigenvalue weighted by Gasteiger charge is -2.17. The highest BCUT2D eigenvalue weighted by Gasteiger charge is 2.36. The molecule has 6 rings (SSSR count). The summed E-state index contributed by atoms with van der Waals surface area (Å²) in [5, 5.41) is 9.77. The van der Waals surface area contributed by atoms with Crippen molar-refractivity contribution in [3.63, 3.8) is 0 Å². The molecule has 6 nitrogen and oxygen atoms in total. The van der Waals surface area contributed by atoms with Crippen LogP contribution in [-0.2, 0) is 11.3 Å². The van der Waals surface area contributed by atoms with Gasteiger partial charge < -0.3 is 14.5 Å². The smallest absolute Gasteiger partial charge is 0.225 e. The summed E-state index contributed by atoms with van der Waals surface area (Å²) < 4.78 is 2.13. The predicted octanol–water partition coefficient (Wildman–Crippen LogP) is 4.35. The average Bonchev–Trinajstić information content (AvgIpc) is 3.17. The first-order valence-electron chi connectivity index (χ1n) is 11.1. The Morgan fingerprint density at radius 1 is 1.00 bits per heavy atom. The summed E-state index contributed by atoms with van der Waals surface area (Å²) in [4.78, 5) is 17.7. The first-order valence-corrected chi connectivity index (χ1v) is 11.1. The second kappa shape index (κ2) is 7.38. The van der Waals surface area contributed by atoms with Crippen molar-refractivity contribution < 1.29 is 4.79 Å². The molecule has 1 aliphatic carbocycles. The van der Waals surface area contributed by atoms with Crippen molar-refractivity contribution in [2.45, 2.75) is 25.8 Å². The Morgan fingerprint density at radius 2 is 1.81 bits per heavy atom. The van der Waals surface area contributed by atoms with Gasteiger partial charge in [0.25, 0.3) is 0 Å². The van der Waals surface area contributed by atoms with Crippen LogP contribution in [0.5, 0.6) is 0 Å². The number of fused-ring (bicyclic) bond motifs is 1. The first kappa shape index (κ1) is 18.4. The number of hydrogen-bond acceptors (Lipinski definition) is 3. The zero-order valence-electron chi connectivity index (χ0n) is 17.4. The standard InChI is InChI=1S/C25H25N5O/c31-25(21-6-7-21)29-12-10-17(14-29)15-30-16-27-28-24(30)20-4-1-18(2-5-20)22-8-3-19-9-11-26-23(19)13-22/h1-5,8-9,11,13,16-17,21,26H,6-7,10,12,14-15H2. The van der Waals surface area contributed by atoms with E-state index in [4.69, 9.17) is 0 Å². The molecular weight excluding hydrogens is 386 g/mol. The Balaban J connectivity index is 1.18. The molecule has 1 atom stereocenters. The minimum atomic E-state index is 0.306. The average molecular weight is 412 g/mol. The van der Waals surface area contributed by atoms with Crippen LogP contribution < -0.4 is 0 Å². The Labute approximate surface area is 180 Å². The molecule has 1 saturated heterocycles. The number of carbonyl (C=O) groups excluding carboxylic acids is 1. The number of carbonyl (C=O) groups is 1. The van der Waals surface area contributed by atoms with Crippen molar-refractivity contribution >= 4 is 16.8 Å². The third kappa shape index (κ3) is 3.52. The van der Waals surface area contributed by atoms with E-state index in [0.717, 1.165) is 55.8 Å². The summed E-state index contributed by atoms with van der Waals surface area (Å²) in [6.07, 6.45) is 6.98. The molecule has 0 bridgehead atoms. The summed E-state index contributed by atoms with van der Waals surface area (Å²) in [5.41, 5.74) is 4.57. The lowest BCUT2D eigenvalue weighted by atomic mass is 10.0. The van der Waals surface area contributed by atoms with Gasteiger partial charge in [0, 0.05) is 42.8 Å². The van der Waals surface area contributed by atoms with Gasteiger partial charge in [0.15, 0.2) is 5.82 Å². The first-order chi connectivity index (χ1) is 15.2. The van der Waals surface area contributed by atoms with E-state index in [1.807, 2.05) is 12.5 Å². The molecule has 4 aromatic rings. The van der Waals surface area contributed by atoms with E-state index < -0.39 is 0 Å². The van der Waals surface area contributed by atoms with Gasteiger partial charge in [-0.25, -0.2) is 0 Å². The SMILES string of the molecule is O=C(C1CC1)N1CCC(Cn2cnnc2-c2ccc(-c3ccc4cc[nH]c4c3)cc2)C1. The van der Waals surface area contributed by atoms with Gasteiger partial charge >= 0.3 is 0 Å². The van der Waals surface area contributed by atoms with Gasteiger partial charge in [-0.1, -0.05) is 36.4 Å². The monoisotopic (exact) mass is 411 g/mol. The number of aromatic amines is 1. The van der Waals surface area contributed by atoms with Gasteiger partial charge in [-0.3, -0.25) is 4.79 Å². The third-order valence-electron chi connectivity index (χ3n) is 6.63. The minimum absolute atomic E-state index is 0.306. The van der Waals surface area contributed by atoms with E-state index in [9.17, 15) is 4.79 Å². The van der Waals surface area contributed by atoms with Crippen LogP contribution in [0.4, 0.5) is 0 Å². The van der Waals surface area contributed by atoms with Crippen LogP contribution in [0.2, 0.25) is 0 Å². The molecule has 6 heteroatoms. The highest BCUT2D eigenvalue weighted by molar-refractivity contribution is 5.85. The second-order valence-corrected chi connectivity index (χ2v) is 8.88. The number of hydrogen-bond donors (Lipinski definition) is 1. The molecule has 1 unspecified atom stereocenters. The van der Waals surface area contributed by atoms with E-state index in [1.54, 1.807) is 0 Å². The summed E-state index contributed by atoms with van der Waals surface area (Å²) >= 11 is 0. The van der Waals surface area contributed by atoms with Crippen molar-refractivity contribution in [3.05, 3.63) is 61.1 Å². The Bertz CT molecular complexity index is 1230. The molecule has 0 radical (unpaired) electrons. The van der Waals surface area contributed by atoms with E-state index in [-0.39, 0.29) is 0 Å². The van der Waals surface area contributed by atoms with Crippen LogP contribution in [0.1, 0.15) is 19.3 Å². The zero-order chi connectivity index (χ0) is 20.8. The molecule has 1 amide bonds. The van der Waals surface area contributed by atoms with Gasteiger partial charge in [0.05, 0.1) is 0 Å². The van der Waals surface area contributed by atoms with E-state index in [2.05, 4.69) is 73.2 Å². The Hall–Kier alpha value is -3.41. The lowest BCUT2D eigenvalue weighted by Crippen LogP contribution is -2.30. The van der Waals surface area contributed by atoms with Crippen LogP contribution in [0, 0.1) is 11.8 Å². The molecule has 1 saturated carbocycles. The summed E-state index contributed by atoms with van der Waals surface area (Å²) in [6, 6.07) is 17.1. The van der Waals surface area contributed by atoms with Crippen LogP contribution in [0.25, 0.3) is 33.4 Å². The van der Waals surface area contributed by atoms with Gasteiger partial charge in [-0.05, 0) is 53.8 Å². The molecule has 2 fully saturated rings. The molecule has 156 valence electrons. The number of rotatable bonds is 5. The summed E-state index contributed by atoms with van der Waals surface area (Å²) in [6.45, 7) is 2.59. The third-order valence-corrected chi connectivity index (χ3v) is 6.63. The minimum Gasteiger partial charge on any atom is -0.361 e. The lowest BCUT2D eigenvalue weighted by molar-refractivity contribution is -0.131. The van der Waals surface area contributed by atoms with E-state index >= 15 is 0 Å². The number of benzene rings is 2. The highest BCUT2D eigenvalue weighted by Crippen LogP contribution is 2.33. The van der Waals surface area contributed by atoms with Crippen molar-refractivity contribution in [3.8, 4) is 22.5 Å². The molecule has 1 aliphatic heterocycles. The van der Waals surface area contributed by atoms with Gasteiger partial charge in [-0.15, -0.1) is 10.2 Å². The molecule has 1 N–H and O–H groups in total. The van der Waals surface area contributed by atoms with Crippen LogP contribution in [-0.4, -0.2) is 43.6 Å². The van der Waals surface area contributed by atoms with Crippen LogP contribution in [0.3, 0.4) is 0 Å². The van der Waals surface area contributed by atoms with Gasteiger partial charge in [-0.2, -0.15) is 0 Å². The number of nitrogens with zero attached hydrogens (tertiary/aromatic N) is 4. The zero-order valence-corrected chi connectivity index (χ0v) is 17.4. The fourth-order valence-electron chi connectivity index (χ4n) is 4.70. The van der Waals surface area contributed by atoms with E-state index in [1.165, 1.54) is 16.5 Å². The molecule has 3 heterocycles. The van der Waals surface area contributed by atoms with Crippen molar-refractivity contribution in [2.24, 2.45) is 11.8 Å². The Kier molecular flexibility index (Phi) is 4.37. The molecule has 2 aliphatic rings. The molecule has 2 aromatic carbocycles.